The third kappa shape index (κ3) is 5.29. The van der Waals surface area contributed by atoms with Crippen LogP contribution in [-0.2, 0) is 9.53 Å². The van der Waals surface area contributed by atoms with Crippen molar-refractivity contribution in [2.75, 3.05) is 5.32 Å². The third-order valence-corrected chi connectivity index (χ3v) is 4.07. The van der Waals surface area contributed by atoms with Crippen LogP contribution < -0.4 is 16.0 Å². The van der Waals surface area contributed by atoms with Gasteiger partial charge < -0.3 is 15.4 Å². The van der Waals surface area contributed by atoms with E-state index in [9.17, 15) is 18.8 Å². The third-order valence-electron chi connectivity index (χ3n) is 4.07. The Morgan fingerprint density at radius 1 is 1.07 bits per heavy atom. The molecule has 8 heteroatoms. The number of rotatable bonds is 6. The SMILES string of the molecule is CC(OC(=O)c1ccccc1Nc1ccc(F)cc1)C(=O)NC(=O)NC1CC1. The van der Waals surface area contributed by atoms with Crippen LogP contribution in [0.25, 0.3) is 0 Å². The molecule has 1 aliphatic carbocycles. The van der Waals surface area contributed by atoms with E-state index >= 15 is 0 Å². The molecule has 2 aromatic carbocycles. The first kappa shape index (κ1) is 19.3. The van der Waals surface area contributed by atoms with E-state index in [0.29, 0.717) is 11.4 Å². The van der Waals surface area contributed by atoms with Crippen LogP contribution in [0.5, 0.6) is 0 Å². The summed E-state index contributed by atoms with van der Waals surface area (Å²) in [5.41, 5.74) is 1.23. The molecule has 3 amide bonds. The lowest BCUT2D eigenvalue weighted by Crippen LogP contribution is -2.45. The van der Waals surface area contributed by atoms with E-state index in [1.807, 2.05) is 0 Å². The highest BCUT2D eigenvalue weighted by Crippen LogP contribution is 2.22. The Balaban J connectivity index is 1.62. The molecule has 28 heavy (non-hydrogen) atoms. The van der Waals surface area contributed by atoms with Crippen molar-refractivity contribution in [3.8, 4) is 0 Å². The van der Waals surface area contributed by atoms with Gasteiger partial charge in [0.05, 0.1) is 11.3 Å². The first-order valence-electron chi connectivity index (χ1n) is 8.86. The number of imide groups is 1. The maximum Gasteiger partial charge on any atom is 0.341 e. The number of nitrogens with one attached hydrogen (secondary N) is 3. The molecule has 0 heterocycles. The van der Waals surface area contributed by atoms with Crippen molar-refractivity contribution >= 4 is 29.3 Å². The molecule has 7 nitrogen and oxygen atoms in total. The van der Waals surface area contributed by atoms with Gasteiger partial charge in [0.25, 0.3) is 5.91 Å². The smallest absolute Gasteiger partial charge is 0.341 e. The Kier molecular flexibility index (Phi) is 5.88. The second-order valence-corrected chi connectivity index (χ2v) is 6.46. The van der Waals surface area contributed by atoms with Gasteiger partial charge in [0, 0.05) is 11.7 Å². The highest BCUT2D eigenvalue weighted by molar-refractivity contribution is 6.00. The number of para-hydroxylation sites is 1. The molecule has 1 saturated carbocycles. The topological polar surface area (TPSA) is 96.5 Å². The summed E-state index contributed by atoms with van der Waals surface area (Å²) in [6.45, 7) is 1.38. The molecular weight excluding hydrogens is 365 g/mol. The van der Waals surface area contributed by atoms with E-state index in [1.54, 1.807) is 24.3 Å². The van der Waals surface area contributed by atoms with Crippen LogP contribution >= 0.6 is 0 Å². The molecule has 3 N–H and O–H groups in total. The van der Waals surface area contributed by atoms with Crippen LogP contribution in [0.15, 0.2) is 48.5 Å². The highest BCUT2D eigenvalue weighted by Gasteiger charge is 2.26. The van der Waals surface area contributed by atoms with Gasteiger partial charge in [0.15, 0.2) is 6.10 Å². The predicted octanol–water partition coefficient (Wildman–Crippen LogP) is 3.10. The second kappa shape index (κ2) is 8.51. The summed E-state index contributed by atoms with van der Waals surface area (Å²) in [6.07, 6.45) is 0.630. The Labute approximate surface area is 161 Å². The highest BCUT2D eigenvalue weighted by atomic mass is 19.1. The Bertz CT molecular complexity index is 881. The number of ether oxygens (including phenoxy) is 1. The summed E-state index contributed by atoms with van der Waals surface area (Å²) in [5, 5.41) is 7.78. The van der Waals surface area contributed by atoms with Crippen LogP contribution in [-0.4, -0.2) is 30.1 Å². The van der Waals surface area contributed by atoms with Crippen molar-refractivity contribution in [2.24, 2.45) is 0 Å². The lowest BCUT2D eigenvalue weighted by Gasteiger charge is -2.15. The maximum absolute atomic E-state index is 13.0. The van der Waals surface area contributed by atoms with Gasteiger partial charge in [-0.25, -0.2) is 14.0 Å². The van der Waals surface area contributed by atoms with Gasteiger partial charge in [-0.2, -0.15) is 0 Å². The van der Waals surface area contributed by atoms with Crippen LogP contribution in [0.2, 0.25) is 0 Å². The monoisotopic (exact) mass is 385 g/mol. The number of urea groups is 1. The first-order chi connectivity index (χ1) is 13.4. The molecule has 1 aliphatic rings. The zero-order valence-corrected chi connectivity index (χ0v) is 15.2. The van der Waals surface area contributed by atoms with Crippen molar-refractivity contribution < 1.29 is 23.5 Å². The lowest BCUT2D eigenvalue weighted by molar-refractivity contribution is -0.127. The van der Waals surface area contributed by atoms with Crippen LogP contribution in [0.1, 0.15) is 30.1 Å². The molecular formula is C20H20FN3O4. The maximum atomic E-state index is 13.0. The fourth-order valence-electron chi connectivity index (χ4n) is 2.40. The number of carbonyl (C=O) groups is 3. The van der Waals surface area contributed by atoms with Crippen molar-refractivity contribution in [3.63, 3.8) is 0 Å². The average Bonchev–Trinajstić information content (AvgIpc) is 3.47. The minimum atomic E-state index is -1.16. The van der Waals surface area contributed by atoms with E-state index in [1.165, 1.54) is 31.2 Å². The normalized spacial score (nSPS) is 13.9. The Morgan fingerprint density at radius 2 is 1.75 bits per heavy atom. The van der Waals surface area contributed by atoms with Crippen molar-refractivity contribution in [2.45, 2.75) is 31.9 Å². The van der Waals surface area contributed by atoms with E-state index in [4.69, 9.17) is 4.74 Å². The Morgan fingerprint density at radius 3 is 2.43 bits per heavy atom. The summed E-state index contributed by atoms with van der Waals surface area (Å²) in [5.74, 6) is -1.81. The number of carbonyl (C=O) groups excluding carboxylic acids is 3. The quantitative estimate of drug-likeness (QED) is 0.664. The number of hydrogen-bond acceptors (Lipinski definition) is 5. The van der Waals surface area contributed by atoms with E-state index in [0.717, 1.165) is 12.8 Å². The summed E-state index contributed by atoms with van der Waals surface area (Å²) >= 11 is 0. The van der Waals surface area contributed by atoms with Gasteiger partial charge in [-0.3, -0.25) is 10.1 Å². The van der Waals surface area contributed by atoms with E-state index in [2.05, 4.69) is 16.0 Å². The number of halogens is 1. The number of esters is 1. The zero-order chi connectivity index (χ0) is 20.1. The predicted molar refractivity (Wildman–Crippen MR) is 101 cm³/mol. The second-order valence-electron chi connectivity index (χ2n) is 6.46. The molecule has 1 unspecified atom stereocenters. The molecule has 3 rings (SSSR count). The summed E-state index contributed by atoms with van der Waals surface area (Å²) < 4.78 is 18.2. The molecule has 0 saturated heterocycles. The lowest BCUT2D eigenvalue weighted by atomic mass is 10.1. The van der Waals surface area contributed by atoms with Crippen molar-refractivity contribution in [1.29, 1.82) is 0 Å². The van der Waals surface area contributed by atoms with Crippen LogP contribution in [0.3, 0.4) is 0 Å². The molecule has 0 bridgehead atoms. The molecule has 0 aromatic heterocycles. The largest absolute Gasteiger partial charge is 0.449 e. The molecule has 146 valence electrons. The fraction of sp³-hybridized carbons (Fsp3) is 0.250. The number of anilines is 2. The van der Waals surface area contributed by atoms with Crippen LogP contribution in [0.4, 0.5) is 20.6 Å². The van der Waals surface area contributed by atoms with Gasteiger partial charge in [0.1, 0.15) is 5.82 Å². The molecule has 0 spiro atoms. The van der Waals surface area contributed by atoms with Gasteiger partial charge >= 0.3 is 12.0 Å². The fourth-order valence-corrected chi connectivity index (χ4v) is 2.40. The molecule has 1 atom stereocenters. The van der Waals surface area contributed by atoms with Gasteiger partial charge in [-0.15, -0.1) is 0 Å². The van der Waals surface area contributed by atoms with Crippen molar-refractivity contribution in [1.82, 2.24) is 10.6 Å². The van der Waals surface area contributed by atoms with Gasteiger partial charge in [0.2, 0.25) is 0 Å². The average molecular weight is 385 g/mol. The van der Waals surface area contributed by atoms with Gasteiger partial charge in [-0.1, -0.05) is 12.1 Å². The number of benzene rings is 2. The number of amides is 3. The zero-order valence-electron chi connectivity index (χ0n) is 15.2. The minimum Gasteiger partial charge on any atom is -0.449 e. The van der Waals surface area contributed by atoms with Crippen LogP contribution in [0, 0.1) is 5.82 Å². The molecule has 0 aliphatic heterocycles. The summed E-state index contributed by atoms with van der Waals surface area (Å²) in [7, 11) is 0. The summed E-state index contributed by atoms with van der Waals surface area (Å²) in [6, 6.07) is 11.7. The standard InChI is InChI=1S/C20H20FN3O4/c1-12(18(25)24-20(27)23-15-10-11-15)28-19(26)16-4-2-3-5-17(16)22-14-8-6-13(21)7-9-14/h2-9,12,15,22H,10-11H2,1H3,(H2,23,24,25,27). The van der Waals surface area contributed by atoms with Gasteiger partial charge in [-0.05, 0) is 56.2 Å². The molecule has 1 fully saturated rings. The molecule has 2 aromatic rings. The van der Waals surface area contributed by atoms with E-state index in [-0.39, 0.29) is 17.4 Å². The first-order valence-corrected chi connectivity index (χ1v) is 8.86. The summed E-state index contributed by atoms with van der Waals surface area (Å²) in [4.78, 5) is 36.2. The minimum absolute atomic E-state index is 0.107. The Hall–Kier alpha value is -3.42. The number of hydrogen-bond donors (Lipinski definition) is 3. The van der Waals surface area contributed by atoms with Crippen molar-refractivity contribution in [3.05, 3.63) is 59.9 Å². The van der Waals surface area contributed by atoms with E-state index < -0.39 is 24.0 Å². The molecule has 0 radical (unpaired) electrons.